The van der Waals surface area contributed by atoms with E-state index >= 15 is 0 Å². The van der Waals surface area contributed by atoms with Crippen LogP contribution in [0.3, 0.4) is 0 Å². The molecule has 0 aliphatic rings. The first-order valence-corrected chi connectivity index (χ1v) is 7.46. The largest absolute Gasteiger partial charge is 0.467 e. The van der Waals surface area contributed by atoms with Crippen molar-refractivity contribution in [1.29, 1.82) is 0 Å². The van der Waals surface area contributed by atoms with E-state index in [-0.39, 0.29) is 16.8 Å². The maximum absolute atomic E-state index is 12.2. The molecule has 2 aromatic rings. The van der Waals surface area contributed by atoms with Crippen molar-refractivity contribution in [3.05, 3.63) is 51.9 Å². The van der Waals surface area contributed by atoms with Crippen molar-refractivity contribution >= 4 is 34.8 Å². The summed E-state index contributed by atoms with van der Waals surface area (Å²) in [4.78, 5) is 32.0. The molecule has 126 valence electrons. The highest BCUT2D eigenvalue weighted by molar-refractivity contribution is 6.28. The van der Waals surface area contributed by atoms with Crippen molar-refractivity contribution in [2.24, 2.45) is 0 Å². The molecular weight excluding hydrogens is 336 g/mol. The average molecular weight is 351 g/mol. The number of esters is 1. The van der Waals surface area contributed by atoms with Crippen molar-refractivity contribution in [2.45, 2.75) is 19.4 Å². The predicted molar refractivity (Wildman–Crippen MR) is 88.4 cm³/mol. The second-order valence-corrected chi connectivity index (χ2v) is 5.10. The van der Waals surface area contributed by atoms with Crippen LogP contribution in [0.4, 0.5) is 17.2 Å². The molecule has 1 aromatic carbocycles. The van der Waals surface area contributed by atoms with Crippen LogP contribution >= 0.6 is 11.6 Å². The number of nitrogens with zero attached hydrogens (tertiary/aromatic N) is 4. The smallest absolute Gasteiger partial charge is 0.330 e. The second kappa shape index (κ2) is 7.69. The first-order chi connectivity index (χ1) is 11.5. The molecule has 0 saturated heterocycles. The number of methoxy groups -OCH3 is 1. The van der Waals surface area contributed by atoms with Crippen molar-refractivity contribution < 1.29 is 14.5 Å². The van der Waals surface area contributed by atoms with E-state index < -0.39 is 16.9 Å². The van der Waals surface area contributed by atoms with Crippen molar-refractivity contribution in [1.82, 2.24) is 9.97 Å². The van der Waals surface area contributed by atoms with E-state index in [2.05, 4.69) is 9.97 Å². The quantitative estimate of drug-likeness (QED) is 0.341. The third kappa shape index (κ3) is 3.60. The third-order valence-electron chi connectivity index (χ3n) is 3.35. The summed E-state index contributed by atoms with van der Waals surface area (Å²) in [6, 6.07) is 7.92. The van der Waals surface area contributed by atoms with E-state index in [1.165, 1.54) is 12.0 Å². The molecule has 0 saturated carbocycles. The highest BCUT2D eigenvalue weighted by atomic mass is 35.5. The van der Waals surface area contributed by atoms with E-state index in [4.69, 9.17) is 16.3 Å². The van der Waals surface area contributed by atoms with Crippen LogP contribution < -0.4 is 4.90 Å². The normalized spacial score (nSPS) is 11.6. The first-order valence-electron chi connectivity index (χ1n) is 7.08. The molecule has 0 bridgehead atoms. The van der Waals surface area contributed by atoms with E-state index in [0.717, 1.165) is 6.20 Å². The Bertz CT molecular complexity index is 742. The van der Waals surface area contributed by atoms with Crippen LogP contribution in [-0.4, -0.2) is 34.0 Å². The highest BCUT2D eigenvalue weighted by Crippen LogP contribution is 2.34. The van der Waals surface area contributed by atoms with Crippen LogP contribution in [0.1, 0.15) is 13.3 Å². The molecule has 1 atom stereocenters. The van der Waals surface area contributed by atoms with Crippen molar-refractivity contribution in [3.8, 4) is 0 Å². The number of ether oxygens (including phenoxy) is 1. The van der Waals surface area contributed by atoms with Gasteiger partial charge in [-0.2, -0.15) is 4.98 Å². The number of halogens is 1. The lowest BCUT2D eigenvalue weighted by atomic mass is 10.1. The van der Waals surface area contributed by atoms with Gasteiger partial charge in [0.05, 0.1) is 12.0 Å². The Hall–Kier alpha value is -2.74. The summed E-state index contributed by atoms with van der Waals surface area (Å²) in [6.45, 7) is 1.77. The summed E-state index contributed by atoms with van der Waals surface area (Å²) in [5.74, 6) is -0.603. The van der Waals surface area contributed by atoms with Gasteiger partial charge in [-0.3, -0.25) is 10.1 Å². The molecule has 1 aromatic heterocycles. The van der Waals surface area contributed by atoms with E-state index in [0.29, 0.717) is 12.1 Å². The monoisotopic (exact) mass is 350 g/mol. The molecule has 9 heteroatoms. The molecule has 24 heavy (non-hydrogen) atoms. The fourth-order valence-electron chi connectivity index (χ4n) is 2.28. The Labute approximate surface area is 143 Å². The Balaban J connectivity index is 2.69. The Morgan fingerprint density at radius 3 is 2.62 bits per heavy atom. The first kappa shape index (κ1) is 17.6. The molecule has 1 heterocycles. The van der Waals surface area contributed by atoms with Crippen molar-refractivity contribution in [3.63, 3.8) is 0 Å². The number of para-hydroxylation sites is 1. The van der Waals surface area contributed by atoms with Gasteiger partial charge in [-0.15, -0.1) is 0 Å². The van der Waals surface area contributed by atoms with Crippen LogP contribution in [0.15, 0.2) is 36.5 Å². The number of nitro groups is 1. The number of carbonyl (C=O) groups is 1. The predicted octanol–water partition coefficient (Wildman–Crippen LogP) is 3.13. The van der Waals surface area contributed by atoms with Crippen LogP contribution in [0.25, 0.3) is 0 Å². The zero-order chi connectivity index (χ0) is 17.7. The molecule has 0 aliphatic carbocycles. The van der Waals surface area contributed by atoms with Crippen LogP contribution in [0.2, 0.25) is 5.28 Å². The Morgan fingerprint density at radius 2 is 2.08 bits per heavy atom. The molecule has 1 unspecified atom stereocenters. The summed E-state index contributed by atoms with van der Waals surface area (Å²) < 4.78 is 4.83. The lowest BCUT2D eigenvalue weighted by molar-refractivity contribution is -0.384. The second-order valence-electron chi connectivity index (χ2n) is 4.76. The van der Waals surface area contributed by atoms with Gasteiger partial charge >= 0.3 is 11.7 Å². The minimum Gasteiger partial charge on any atom is -0.467 e. The van der Waals surface area contributed by atoms with Crippen LogP contribution in [0, 0.1) is 10.1 Å². The molecule has 0 N–H and O–H groups in total. The van der Waals surface area contributed by atoms with E-state index in [9.17, 15) is 14.9 Å². The number of hydrogen-bond donors (Lipinski definition) is 0. The summed E-state index contributed by atoms with van der Waals surface area (Å²) in [7, 11) is 1.26. The topological polar surface area (TPSA) is 98.5 Å². The van der Waals surface area contributed by atoms with Gasteiger partial charge in [0.15, 0.2) is 0 Å². The minimum absolute atomic E-state index is 0.0662. The number of hydrogen-bond acceptors (Lipinski definition) is 7. The lowest BCUT2D eigenvalue weighted by Gasteiger charge is -2.29. The van der Waals surface area contributed by atoms with Gasteiger partial charge in [0.2, 0.25) is 11.1 Å². The maximum atomic E-state index is 12.2. The van der Waals surface area contributed by atoms with Gasteiger partial charge in [-0.25, -0.2) is 9.78 Å². The van der Waals surface area contributed by atoms with Gasteiger partial charge in [0.1, 0.15) is 12.2 Å². The van der Waals surface area contributed by atoms with Gasteiger partial charge < -0.3 is 9.64 Å². The molecule has 0 amide bonds. The van der Waals surface area contributed by atoms with E-state index in [1.807, 2.05) is 0 Å². The standard InChI is InChI=1S/C15H15ClN4O4/c1-3-11(14(21)24-2)19(10-7-5-4-6-8-10)13-12(20(22)23)9-17-15(16)18-13/h4-9,11H,3H2,1-2H3. The highest BCUT2D eigenvalue weighted by Gasteiger charge is 2.33. The average Bonchev–Trinajstić information content (AvgIpc) is 2.59. The molecule has 0 aliphatic heterocycles. The number of anilines is 2. The molecule has 8 nitrogen and oxygen atoms in total. The number of aromatic nitrogens is 2. The number of carbonyl (C=O) groups excluding carboxylic acids is 1. The number of rotatable bonds is 6. The fourth-order valence-corrected chi connectivity index (χ4v) is 2.41. The summed E-state index contributed by atoms with van der Waals surface area (Å²) in [5.41, 5.74) is 0.193. The lowest BCUT2D eigenvalue weighted by Crippen LogP contribution is -2.39. The molecule has 0 radical (unpaired) electrons. The fraction of sp³-hybridized carbons (Fsp3) is 0.267. The SMILES string of the molecule is CCC(C(=O)OC)N(c1ccccc1)c1nc(Cl)ncc1[N+](=O)[O-]. The van der Waals surface area contributed by atoms with Gasteiger partial charge in [-0.1, -0.05) is 25.1 Å². The van der Waals surface area contributed by atoms with Crippen LogP contribution in [0.5, 0.6) is 0 Å². The van der Waals surface area contributed by atoms with Crippen molar-refractivity contribution in [2.75, 3.05) is 12.0 Å². The summed E-state index contributed by atoms with van der Waals surface area (Å²) in [5, 5.41) is 11.2. The Morgan fingerprint density at radius 1 is 1.42 bits per heavy atom. The van der Waals surface area contributed by atoms with Gasteiger partial charge in [0.25, 0.3) is 0 Å². The summed E-state index contributed by atoms with van der Waals surface area (Å²) >= 11 is 5.83. The van der Waals surface area contributed by atoms with Gasteiger partial charge in [0, 0.05) is 5.69 Å². The Kier molecular flexibility index (Phi) is 5.64. The van der Waals surface area contributed by atoms with Crippen LogP contribution in [-0.2, 0) is 9.53 Å². The zero-order valence-electron chi connectivity index (χ0n) is 13.0. The minimum atomic E-state index is -0.804. The summed E-state index contributed by atoms with van der Waals surface area (Å²) in [6.07, 6.45) is 1.37. The molecule has 0 spiro atoms. The molecular formula is C15H15ClN4O4. The molecule has 2 rings (SSSR count). The van der Waals surface area contributed by atoms with Gasteiger partial charge in [-0.05, 0) is 30.2 Å². The number of benzene rings is 1. The molecule has 0 fully saturated rings. The van der Waals surface area contributed by atoms with E-state index in [1.54, 1.807) is 37.3 Å². The maximum Gasteiger partial charge on any atom is 0.330 e. The zero-order valence-corrected chi connectivity index (χ0v) is 13.8. The third-order valence-corrected chi connectivity index (χ3v) is 3.53.